The van der Waals surface area contributed by atoms with Crippen molar-refractivity contribution in [2.45, 2.75) is 89.3 Å². The van der Waals surface area contributed by atoms with Gasteiger partial charge in [0.05, 0.1) is 0 Å². The second kappa shape index (κ2) is 4.99. The fourth-order valence-corrected chi connectivity index (χ4v) is 4.17. The summed E-state index contributed by atoms with van der Waals surface area (Å²) in [5.74, 6) is 0.565. The average Bonchev–Trinajstić information content (AvgIpc) is 3.31. The third-order valence-electron chi connectivity index (χ3n) is 6.06. The highest BCUT2D eigenvalue weighted by Gasteiger charge is 2.61. The van der Waals surface area contributed by atoms with Crippen molar-refractivity contribution in [3.63, 3.8) is 0 Å². The number of amides is 2. The molecule has 3 aliphatic rings. The van der Waals surface area contributed by atoms with Crippen molar-refractivity contribution in [3.8, 4) is 0 Å². The van der Waals surface area contributed by atoms with E-state index in [9.17, 15) is 9.59 Å². The first-order valence-electron chi connectivity index (χ1n) is 8.60. The fraction of sp³-hybridized carbons (Fsp3) is 0.882. The Morgan fingerprint density at radius 1 is 1.10 bits per heavy atom. The minimum Gasteiger partial charge on any atom is -0.340 e. The van der Waals surface area contributed by atoms with E-state index in [1.807, 2.05) is 25.7 Å². The minimum absolute atomic E-state index is 0.0690. The lowest BCUT2D eigenvalue weighted by Gasteiger charge is -2.54. The van der Waals surface area contributed by atoms with Gasteiger partial charge < -0.3 is 10.2 Å². The molecule has 4 nitrogen and oxygen atoms in total. The first kappa shape index (κ1) is 14.9. The van der Waals surface area contributed by atoms with Crippen LogP contribution >= 0.6 is 0 Å². The highest BCUT2D eigenvalue weighted by molar-refractivity contribution is 6.02. The molecule has 0 aromatic carbocycles. The second-order valence-corrected chi connectivity index (χ2v) is 7.53. The maximum absolute atomic E-state index is 13.2. The molecule has 1 saturated heterocycles. The number of nitrogens with zero attached hydrogens (tertiary/aromatic N) is 1. The Labute approximate surface area is 127 Å². The molecule has 21 heavy (non-hydrogen) atoms. The third kappa shape index (κ3) is 2.18. The molecule has 3 fully saturated rings. The van der Waals surface area contributed by atoms with E-state index >= 15 is 0 Å². The van der Waals surface area contributed by atoms with Gasteiger partial charge in [-0.15, -0.1) is 0 Å². The molecule has 0 aromatic heterocycles. The van der Waals surface area contributed by atoms with Gasteiger partial charge >= 0.3 is 0 Å². The maximum atomic E-state index is 13.2. The summed E-state index contributed by atoms with van der Waals surface area (Å²) in [6, 6.07) is 0.258. The quantitative estimate of drug-likeness (QED) is 0.869. The molecule has 2 unspecified atom stereocenters. The van der Waals surface area contributed by atoms with Gasteiger partial charge in [-0.2, -0.15) is 0 Å². The molecule has 2 aliphatic carbocycles. The minimum atomic E-state index is -0.719. The molecule has 0 spiro atoms. The van der Waals surface area contributed by atoms with Crippen LogP contribution in [0.2, 0.25) is 0 Å². The van der Waals surface area contributed by atoms with Crippen LogP contribution in [0, 0.1) is 5.92 Å². The van der Waals surface area contributed by atoms with Gasteiger partial charge in [-0.3, -0.25) is 9.59 Å². The molecule has 2 atom stereocenters. The van der Waals surface area contributed by atoms with Crippen molar-refractivity contribution >= 4 is 11.8 Å². The molecule has 4 heteroatoms. The number of carbonyl (C=O) groups is 2. The Hall–Kier alpha value is -1.06. The zero-order chi connectivity index (χ0) is 15.3. The molecule has 1 N–H and O–H groups in total. The lowest BCUT2D eigenvalue weighted by atomic mass is 9.79. The summed E-state index contributed by atoms with van der Waals surface area (Å²) in [5, 5.41) is 3.04. The van der Waals surface area contributed by atoms with Crippen molar-refractivity contribution in [2.75, 3.05) is 0 Å². The molecule has 2 saturated carbocycles. The van der Waals surface area contributed by atoms with Gasteiger partial charge in [0.1, 0.15) is 11.1 Å². The highest BCUT2D eigenvalue weighted by Crippen LogP contribution is 2.48. The summed E-state index contributed by atoms with van der Waals surface area (Å²) in [5.41, 5.74) is -1.34. The first-order valence-corrected chi connectivity index (χ1v) is 8.60. The molecule has 0 aromatic rings. The molecular formula is C17H28N2O2. The SMILES string of the molecule is CCC1(C)NC(=O)C(C)(C2CC2)N(C2CCCCC2)C1=O. The van der Waals surface area contributed by atoms with Crippen molar-refractivity contribution in [1.82, 2.24) is 10.2 Å². The van der Waals surface area contributed by atoms with Crippen LogP contribution in [0.4, 0.5) is 0 Å². The van der Waals surface area contributed by atoms with E-state index in [4.69, 9.17) is 0 Å². The predicted molar refractivity (Wildman–Crippen MR) is 81.7 cm³/mol. The maximum Gasteiger partial charge on any atom is 0.249 e. The Morgan fingerprint density at radius 3 is 2.24 bits per heavy atom. The topological polar surface area (TPSA) is 49.4 Å². The molecule has 2 amide bonds. The first-order chi connectivity index (χ1) is 9.93. The smallest absolute Gasteiger partial charge is 0.249 e. The third-order valence-corrected chi connectivity index (χ3v) is 6.06. The van der Waals surface area contributed by atoms with E-state index in [0.29, 0.717) is 12.3 Å². The molecule has 1 heterocycles. The average molecular weight is 292 g/mol. The van der Waals surface area contributed by atoms with Gasteiger partial charge in [0.25, 0.3) is 0 Å². The summed E-state index contributed by atoms with van der Waals surface area (Å²) in [6.07, 6.45) is 8.53. The van der Waals surface area contributed by atoms with E-state index in [0.717, 1.165) is 25.7 Å². The summed E-state index contributed by atoms with van der Waals surface area (Å²) in [7, 11) is 0. The molecule has 0 radical (unpaired) electrons. The van der Waals surface area contributed by atoms with Crippen LogP contribution in [0.15, 0.2) is 0 Å². The molecule has 118 valence electrons. The summed E-state index contributed by atoms with van der Waals surface area (Å²) in [6.45, 7) is 5.87. The van der Waals surface area contributed by atoms with Crippen LogP contribution < -0.4 is 5.32 Å². The van der Waals surface area contributed by atoms with E-state index in [1.54, 1.807) is 0 Å². The molecule has 1 aliphatic heterocycles. The Bertz CT molecular complexity index is 454. The standard InChI is InChI=1S/C17H28N2O2/c1-4-16(2)15(21)19(13-8-6-5-7-9-13)17(3,12-10-11-12)14(20)18-16/h12-13H,4-11H2,1-3H3,(H,18,20). The summed E-state index contributed by atoms with van der Waals surface area (Å²) >= 11 is 0. The Morgan fingerprint density at radius 2 is 1.71 bits per heavy atom. The predicted octanol–water partition coefficient (Wildman–Crippen LogP) is 2.61. The van der Waals surface area contributed by atoms with Crippen LogP contribution in [0.3, 0.4) is 0 Å². The van der Waals surface area contributed by atoms with Crippen molar-refractivity contribution < 1.29 is 9.59 Å². The van der Waals surface area contributed by atoms with Gasteiger partial charge in [0.15, 0.2) is 0 Å². The van der Waals surface area contributed by atoms with Crippen molar-refractivity contribution in [3.05, 3.63) is 0 Å². The Kier molecular flexibility index (Phi) is 3.53. The van der Waals surface area contributed by atoms with E-state index in [1.165, 1.54) is 19.3 Å². The number of nitrogens with one attached hydrogen (secondary N) is 1. The fourth-order valence-electron chi connectivity index (χ4n) is 4.17. The van der Waals surface area contributed by atoms with Gasteiger partial charge in [-0.1, -0.05) is 26.2 Å². The monoisotopic (exact) mass is 292 g/mol. The summed E-state index contributed by atoms with van der Waals surface area (Å²) in [4.78, 5) is 28.1. The van der Waals surface area contributed by atoms with Gasteiger partial charge in [-0.05, 0) is 51.9 Å². The number of piperazine rings is 1. The van der Waals surface area contributed by atoms with E-state index in [2.05, 4.69) is 5.32 Å². The van der Waals surface area contributed by atoms with Crippen LogP contribution in [-0.4, -0.2) is 33.8 Å². The van der Waals surface area contributed by atoms with Crippen LogP contribution in [0.1, 0.15) is 72.1 Å². The van der Waals surface area contributed by atoms with E-state index in [-0.39, 0.29) is 17.9 Å². The van der Waals surface area contributed by atoms with E-state index < -0.39 is 11.1 Å². The number of carbonyl (C=O) groups excluding carboxylic acids is 2. The number of hydrogen-bond acceptors (Lipinski definition) is 2. The number of rotatable bonds is 3. The molecule has 3 rings (SSSR count). The van der Waals surface area contributed by atoms with Crippen molar-refractivity contribution in [2.24, 2.45) is 5.92 Å². The largest absolute Gasteiger partial charge is 0.340 e. The van der Waals surface area contributed by atoms with Gasteiger partial charge in [0.2, 0.25) is 11.8 Å². The molecular weight excluding hydrogens is 264 g/mol. The van der Waals surface area contributed by atoms with Gasteiger partial charge in [0, 0.05) is 6.04 Å². The normalized spacial score (nSPS) is 38.5. The zero-order valence-electron chi connectivity index (χ0n) is 13.6. The Balaban J connectivity index is 1.98. The lowest BCUT2D eigenvalue weighted by molar-refractivity contribution is -0.168. The van der Waals surface area contributed by atoms with Crippen LogP contribution in [0.25, 0.3) is 0 Å². The van der Waals surface area contributed by atoms with Crippen LogP contribution in [-0.2, 0) is 9.59 Å². The van der Waals surface area contributed by atoms with Gasteiger partial charge in [-0.25, -0.2) is 0 Å². The summed E-state index contributed by atoms with van der Waals surface area (Å²) < 4.78 is 0. The second-order valence-electron chi connectivity index (χ2n) is 7.53. The highest BCUT2D eigenvalue weighted by atomic mass is 16.2. The lowest BCUT2D eigenvalue weighted by Crippen LogP contribution is -2.76. The van der Waals surface area contributed by atoms with Crippen molar-refractivity contribution in [1.29, 1.82) is 0 Å². The number of hydrogen-bond donors (Lipinski definition) is 1. The molecule has 0 bridgehead atoms. The van der Waals surface area contributed by atoms with Crippen LogP contribution in [0.5, 0.6) is 0 Å². The zero-order valence-corrected chi connectivity index (χ0v) is 13.6.